The predicted octanol–water partition coefficient (Wildman–Crippen LogP) is 1.04. The van der Waals surface area contributed by atoms with Crippen LogP contribution in [0.1, 0.15) is 25.7 Å². The molecule has 2 saturated heterocycles. The smallest absolute Gasteiger partial charge is 0.237 e. The quantitative estimate of drug-likeness (QED) is 0.818. The van der Waals surface area contributed by atoms with E-state index in [-0.39, 0.29) is 36.8 Å². The molecule has 0 radical (unpaired) electrons. The standard InChI is InChI=1S/C12H23N3O.2ClH/c1-15-7-5-10(9-15)8-14-12(16)11-4-2-3-6-13-11;;/h10-11,13H,2-9H2,1H3,(H,14,16);2*1H/t10?,11-;;/m1../s1. The number of hydrogen-bond donors (Lipinski definition) is 2. The normalized spacial score (nSPS) is 28.1. The summed E-state index contributed by atoms with van der Waals surface area (Å²) in [6, 6.07) is 0.0629. The second-order valence-corrected chi connectivity index (χ2v) is 5.16. The first-order valence-electron chi connectivity index (χ1n) is 6.45. The molecule has 2 rings (SSSR count). The van der Waals surface area contributed by atoms with Gasteiger partial charge in [0.25, 0.3) is 0 Å². The fourth-order valence-corrected chi connectivity index (χ4v) is 2.64. The van der Waals surface area contributed by atoms with Gasteiger partial charge in [-0.1, -0.05) is 6.42 Å². The van der Waals surface area contributed by atoms with E-state index in [1.54, 1.807) is 0 Å². The Bertz CT molecular complexity index is 247. The van der Waals surface area contributed by atoms with Crippen LogP contribution in [0.3, 0.4) is 0 Å². The minimum Gasteiger partial charge on any atom is -0.354 e. The molecule has 108 valence electrons. The second-order valence-electron chi connectivity index (χ2n) is 5.16. The summed E-state index contributed by atoms with van der Waals surface area (Å²) >= 11 is 0. The lowest BCUT2D eigenvalue weighted by Crippen LogP contribution is -2.47. The van der Waals surface area contributed by atoms with E-state index in [0.29, 0.717) is 5.92 Å². The van der Waals surface area contributed by atoms with Crippen molar-refractivity contribution in [2.75, 3.05) is 33.2 Å². The number of rotatable bonds is 3. The SMILES string of the molecule is CN1CCC(CNC(=O)[C@H]2CCCCN2)C1.Cl.Cl. The van der Waals surface area contributed by atoms with Crippen LogP contribution in [0.15, 0.2) is 0 Å². The van der Waals surface area contributed by atoms with Gasteiger partial charge in [0, 0.05) is 13.1 Å². The highest BCUT2D eigenvalue weighted by molar-refractivity contribution is 5.85. The third-order valence-electron chi connectivity index (χ3n) is 3.68. The van der Waals surface area contributed by atoms with Crippen molar-refractivity contribution in [3.05, 3.63) is 0 Å². The van der Waals surface area contributed by atoms with Crippen LogP contribution in [0, 0.1) is 5.92 Å². The van der Waals surface area contributed by atoms with Crippen LogP contribution in [0.25, 0.3) is 0 Å². The number of halogens is 2. The van der Waals surface area contributed by atoms with Gasteiger partial charge in [0.1, 0.15) is 0 Å². The Morgan fingerprint density at radius 1 is 1.33 bits per heavy atom. The molecule has 0 saturated carbocycles. The van der Waals surface area contributed by atoms with Gasteiger partial charge < -0.3 is 15.5 Å². The summed E-state index contributed by atoms with van der Waals surface area (Å²) in [5.41, 5.74) is 0. The van der Waals surface area contributed by atoms with E-state index < -0.39 is 0 Å². The maximum atomic E-state index is 11.8. The van der Waals surface area contributed by atoms with Crippen LogP contribution in [0.5, 0.6) is 0 Å². The molecule has 0 spiro atoms. The molecule has 0 aromatic rings. The number of nitrogens with zero attached hydrogens (tertiary/aromatic N) is 1. The number of carbonyl (C=O) groups is 1. The van der Waals surface area contributed by atoms with Gasteiger partial charge >= 0.3 is 0 Å². The van der Waals surface area contributed by atoms with Crippen molar-refractivity contribution in [1.82, 2.24) is 15.5 Å². The van der Waals surface area contributed by atoms with Crippen LogP contribution >= 0.6 is 24.8 Å². The first-order chi connectivity index (χ1) is 7.75. The Balaban J connectivity index is 0.00000144. The summed E-state index contributed by atoms with van der Waals surface area (Å²) < 4.78 is 0. The Kier molecular flexibility index (Phi) is 8.95. The third-order valence-corrected chi connectivity index (χ3v) is 3.68. The maximum absolute atomic E-state index is 11.8. The van der Waals surface area contributed by atoms with Crippen LogP contribution in [-0.4, -0.2) is 50.1 Å². The fraction of sp³-hybridized carbons (Fsp3) is 0.917. The molecule has 1 unspecified atom stereocenters. The van der Waals surface area contributed by atoms with Gasteiger partial charge in [-0.3, -0.25) is 4.79 Å². The lowest BCUT2D eigenvalue weighted by atomic mass is 10.0. The van der Waals surface area contributed by atoms with E-state index in [2.05, 4.69) is 22.6 Å². The van der Waals surface area contributed by atoms with Crippen LogP contribution in [0.4, 0.5) is 0 Å². The molecular weight excluding hydrogens is 273 g/mol. The molecule has 0 aromatic carbocycles. The number of likely N-dealkylation sites (tertiary alicyclic amines) is 1. The van der Waals surface area contributed by atoms with Crippen molar-refractivity contribution < 1.29 is 4.79 Å². The molecule has 18 heavy (non-hydrogen) atoms. The van der Waals surface area contributed by atoms with Crippen molar-refractivity contribution in [1.29, 1.82) is 0 Å². The number of piperidine rings is 1. The van der Waals surface area contributed by atoms with Crippen molar-refractivity contribution in [3.8, 4) is 0 Å². The predicted molar refractivity (Wildman–Crippen MR) is 78.8 cm³/mol. The zero-order valence-electron chi connectivity index (χ0n) is 11.0. The molecule has 0 aromatic heterocycles. The average Bonchev–Trinajstić information content (AvgIpc) is 2.73. The van der Waals surface area contributed by atoms with Gasteiger partial charge in [-0.25, -0.2) is 0 Å². The summed E-state index contributed by atoms with van der Waals surface area (Å²) in [6.45, 7) is 4.13. The Labute approximate surface area is 122 Å². The number of nitrogens with one attached hydrogen (secondary N) is 2. The van der Waals surface area contributed by atoms with E-state index in [0.717, 1.165) is 26.1 Å². The molecule has 1 amide bonds. The lowest BCUT2D eigenvalue weighted by molar-refractivity contribution is -0.123. The number of amides is 1. The lowest BCUT2D eigenvalue weighted by Gasteiger charge is -2.23. The molecule has 0 bridgehead atoms. The number of carbonyl (C=O) groups excluding carboxylic acids is 1. The largest absolute Gasteiger partial charge is 0.354 e. The molecule has 2 N–H and O–H groups in total. The van der Waals surface area contributed by atoms with Gasteiger partial charge in [0.15, 0.2) is 0 Å². The van der Waals surface area contributed by atoms with Gasteiger partial charge in [-0.15, -0.1) is 24.8 Å². The average molecular weight is 298 g/mol. The minimum absolute atomic E-state index is 0. The van der Waals surface area contributed by atoms with E-state index in [1.165, 1.54) is 25.8 Å². The van der Waals surface area contributed by atoms with Crippen molar-refractivity contribution in [2.45, 2.75) is 31.7 Å². The van der Waals surface area contributed by atoms with Crippen molar-refractivity contribution in [3.63, 3.8) is 0 Å². The van der Waals surface area contributed by atoms with Crippen molar-refractivity contribution in [2.24, 2.45) is 5.92 Å². The molecule has 0 aliphatic carbocycles. The summed E-state index contributed by atoms with van der Waals surface area (Å²) in [6.07, 6.45) is 4.60. The topological polar surface area (TPSA) is 44.4 Å². The molecule has 2 fully saturated rings. The molecule has 6 heteroatoms. The van der Waals surface area contributed by atoms with E-state index in [1.807, 2.05) is 0 Å². The Hall–Kier alpha value is -0.0300. The minimum atomic E-state index is 0. The Morgan fingerprint density at radius 3 is 2.67 bits per heavy atom. The van der Waals surface area contributed by atoms with Crippen LogP contribution in [0.2, 0.25) is 0 Å². The summed E-state index contributed by atoms with van der Waals surface area (Å²) in [4.78, 5) is 14.2. The highest BCUT2D eigenvalue weighted by Gasteiger charge is 2.23. The van der Waals surface area contributed by atoms with Gasteiger partial charge in [-0.2, -0.15) is 0 Å². The molecule has 2 atom stereocenters. The summed E-state index contributed by atoms with van der Waals surface area (Å²) in [5.74, 6) is 0.854. The maximum Gasteiger partial charge on any atom is 0.237 e. The van der Waals surface area contributed by atoms with Gasteiger partial charge in [0.05, 0.1) is 6.04 Å². The van der Waals surface area contributed by atoms with Crippen LogP contribution < -0.4 is 10.6 Å². The molecule has 2 heterocycles. The van der Waals surface area contributed by atoms with E-state index in [9.17, 15) is 4.79 Å². The molecule has 2 aliphatic rings. The second kappa shape index (κ2) is 8.97. The monoisotopic (exact) mass is 297 g/mol. The third kappa shape index (κ3) is 5.31. The highest BCUT2D eigenvalue weighted by atomic mass is 35.5. The zero-order valence-corrected chi connectivity index (χ0v) is 12.6. The van der Waals surface area contributed by atoms with E-state index >= 15 is 0 Å². The summed E-state index contributed by atoms with van der Waals surface area (Å²) in [5, 5.41) is 6.37. The molecule has 4 nitrogen and oxygen atoms in total. The van der Waals surface area contributed by atoms with Crippen molar-refractivity contribution >= 4 is 30.7 Å². The highest BCUT2D eigenvalue weighted by Crippen LogP contribution is 2.13. The van der Waals surface area contributed by atoms with Gasteiger partial charge in [-0.05, 0) is 45.3 Å². The summed E-state index contributed by atoms with van der Waals surface area (Å²) in [7, 11) is 2.14. The van der Waals surface area contributed by atoms with Crippen LogP contribution in [-0.2, 0) is 4.79 Å². The van der Waals surface area contributed by atoms with Gasteiger partial charge in [0.2, 0.25) is 5.91 Å². The Morgan fingerprint density at radius 2 is 2.11 bits per heavy atom. The zero-order chi connectivity index (χ0) is 11.4. The molecule has 2 aliphatic heterocycles. The molecular formula is C12H25Cl2N3O. The first kappa shape index (κ1) is 18.0. The first-order valence-corrected chi connectivity index (χ1v) is 6.45. The number of hydrogen-bond acceptors (Lipinski definition) is 3. The van der Waals surface area contributed by atoms with E-state index in [4.69, 9.17) is 0 Å². The fourth-order valence-electron chi connectivity index (χ4n) is 2.64.